The van der Waals surface area contributed by atoms with Crippen LogP contribution in [0.4, 0.5) is 5.69 Å². The molecule has 21 heavy (non-hydrogen) atoms. The highest BCUT2D eigenvalue weighted by molar-refractivity contribution is 6.31. The summed E-state index contributed by atoms with van der Waals surface area (Å²) < 4.78 is 0. The third-order valence-corrected chi connectivity index (χ3v) is 3.36. The number of amides is 1. The molecule has 4 nitrogen and oxygen atoms in total. The van der Waals surface area contributed by atoms with Crippen LogP contribution in [0, 0.1) is 6.92 Å². The lowest BCUT2D eigenvalue weighted by Gasteiger charge is -2.10. The molecule has 0 saturated heterocycles. The highest BCUT2D eigenvalue weighted by Crippen LogP contribution is 2.23. The molecule has 0 spiro atoms. The number of nitrogens with one attached hydrogen (secondary N) is 1. The summed E-state index contributed by atoms with van der Waals surface area (Å²) in [4.78, 5) is 23.4. The predicted molar refractivity (Wildman–Crippen MR) is 82.6 cm³/mol. The van der Waals surface area contributed by atoms with Gasteiger partial charge in [0.05, 0.1) is 11.3 Å². The van der Waals surface area contributed by atoms with E-state index in [-0.39, 0.29) is 11.3 Å². The van der Waals surface area contributed by atoms with Crippen molar-refractivity contribution in [3.63, 3.8) is 0 Å². The molecule has 0 bridgehead atoms. The molecule has 0 heterocycles. The van der Waals surface area contributed by atoms with Crippen LogP contribution < -0.4 is 5.32 Å². The van der Waals surface area contributed by atoms with E-state index in [9.17, 15) is 9.59 Å². The van der Waals surface area contributed by atoms with Gasteiger partial charge in [-0.1, -0.05) is 23.2 Å². The molecule has 0 saturated carbocycles. The van der Waals surface area contributed by atoms with Crippen molar-refractivity contribution in [3.8, 4) is 0 Å². The Bertz CT molecular complexity index is 729. The second-order valence-corrected chi connectivity index (χ2v) is 5.28. The number of carbonyl (C=O) groups is 2. The molecular weight excluding hydrogens is 313 g/mol. The van der Waals surface area contributed by atoms with E-state index < -0.39 is 11.9 Å². The SMILES string of the molecule is Cc1cc(Cl)ccc1C(=O)Nc1cc(Cl)ccc1C(=O)O. The summed E-state index contributed by atoms with van der Waals surface area (Å²) in [5, 5.41) is 12.5. The molecule has 2 aromatic carbocycles. The first kappa shape index (κ1) is 15.4. The number of rotatable bonds is 3. The Morgan fingerprint density at radius 3 is 2.14 bits per heavy atom. The van der Waals surface area contributed by atoms with E-state index in [1.165, 1.54) is 18.2 Å². The lowest BCUT2D eigenvalue weighted by Crippen LogP contribution is -2.16. The molecule has 108 valence electrons. The van der Waals surface area contributed by atoms with E-state index in [1.54, 1.807) is 25.1 Å². The topological polar surface area (TPSA) is 66.4 Å². The summed E-state index contributed by atoms with van der Waals surface area (Å²) in [7, 11) is 0. The Balaban J connectivity index is 2.35. The zero-order valence-electron chi connectivity index (χ0n) is 11.0. The van der Waals surface area contributed by atoms with E-state index in [1.807, 2.05) is 0 Å². The first-order chi connectivity index (χ1) is 9.88. The number of carbonyl (C=O) groups excluding carboxylic acids is 1. The van der Waals surface area contributed by atoms with Gasteiger partial charge in [-0.05, 0) is 48.9 Å². The van der Waals surface area contributed by atoms with Gasteiger partial charge in [-0.25, -0.2) is 4.79 Å². The van der Waals surface area contributed by atoms with Crippen molar-refractivity contribution in [2.45, 2.75) is 6.92 Å². The van der Waals surface area contributed by atoms with Gasteiger partial charge in [-0.3, -0.25) is 4.79 Å². The quantitative estimate of drug-likeness (QED) is 0.887. The van der Waals surface area contributed by atoms with Gasteiger partial charge >= 0.3 is 5.97 Å². The van der Waals surface area contributed by atoms with Gasteiger partial charge in [-0.2, -0.15) is 0 Å². The molecule has 0 aromatic heterocycles. The fourth-order valence-electron chi connectivity index (χ4n) is 1.88. The summed E-state index contributed by atoms with van der Waals surface area (Å²) in [6, 6.07) is 9.03. The van der Waals surface area contributed by atoms with Crippen molar-refractivity contribution in [2.24, 2.45) is 0 Å². The second-order valence-electron chi connectivity index (χ2n) is 4.41. The van der Waals surface area contributed by atoms with Gasteiger partial charge in [0.15, 0.2) is 0 Å². The highest BCUT2D eigenvalue weighted by Gasteiger charge is 2.15. The molecule has 0 aliphatic rings. The van der Waals surface area contributed by atoms with E-state index in [2.05, 4.69) is 5.32 Å². The Morgan fingerprint density at radius 1 is 1.00 bits per heavy atom. The van der Waals surface area contributed by atoms with Gasteiger partial charge < -0.3 is 10.4 Å². The maximum absolute atomic E-state index is 12.2. The number of benzene rings is 2. The largest absolute Gasteiger partial charge is 0.478 e. The van der Waals surface area contributed by atoms with Crippen molar-refractivity contribution in [2.75, 3.05) is 5.32 Å². The van der Waals surface area contributed by atoms with Crippen LogP contribution >= 0.6 is 23.2 Å². The van der Waals surface area contributed by atoms with Crippen LogP contribution in [0.3, 0.4) is 0 Å². The van der Waals surface area contributed by atoms with Gasteiger partial charge in [0.1, 0.15) is 0 Å². The summed E-state index contributed by atoms with van der Waals surface area (Å²) >= 11 is 11.7. The average molecular weight is 324 g/mol. The molecule has 2 aromatic rings. The van der Waals surface area contributed by atoms with E-state index >= 15 is 0 Å². The molecule has 6 heteroatoms. The Kier molecular flexibility index (Phi) is 4.50. The second kappa shape index (κ2) is 6.16. The molecule has 0 atom stereocenters. The molecule has 0 aliphatic carbocycles. The molecular formula is C15H11Cl2NO3. The summed E-state index contributed by atoms with van der Waals surface area (Å²) in [6.45, 7) is 1.75. The Morgan fingerprint density at radius 2 is 1.57 bits per heavy atom. The van der Waals surface area contributed by atoms with Crippen LogP contribution in [-0.2, 0) is 0 Å². The van der Waals surface area contributed by atoms with E-state index in [0.717, 1.165) is 0 Å². The first-order valence-corrected chi connectivity index (χ1v) is 6.74. The fraction of sp³-hybridized carbons (Fsp3) is 0.0667. The first-order valence-electron chi connectivity index (χ1n) is 5.99. The lowest BCUT2D eigenvalue weighted by atomic mass is 10.1. The predicted octanol–water partition coefficient (Wildman–Crippen LogP) is 4.25. The monoisotopic (exact) mass is 323 g/mol. The number of aryl methyl sites for hydroxylation is 1. The normalized spacial score (nSPS) is 10.2. The van der Waals surface area contributed by atoms with Gasteiger partial charge in [0.25, 0.3) is 5.91 Å². The molecule has 0 aliphatic heterocycles. The van der Waals surface area contributed by atoms with Crippen LogP contribution in [0.5, 0.6) is 0 Å². The van der Waals surface area contributed by atoms with Gasteiger partial charge in [0, 0.05) is 15.6 Å². The van der Waals surface area contributed by atoms with E-state index in [4.69, 9.17) is 28.3 Å². The number of hydrogen-bond acceptors (Lipinski definition) is 2. The molecule has 0 radical (unpaired) electrons. The van der Waals surface area contributed by atoms with Crippen molar-refractivity contribution >= 4 is 40.8 Å². The average Bonchev–Trinajstić information content (AvgIpc) is 2.37. The molecule has 2 rings (SSSR count). The standard InChI is InChI=1S/C15H11Cl2NO3/c1-8-6-9(16)2-4-11(8)14(19)18-13-7-10(17)3-5-12(13)15(20)21/h2-7H,1H3,(H,18,19)(H,20,21). The maximum atomic E-state index is 12.2. The number of carboxylic acid groups (broad SMARTS) is 1. The maximum Gasteiger partial charge on any atom is 0.337 e. The minimum atomic E-state index is -1.14. The van der Waals surface area contributed by atoms with Crippen molar-refractivity contribution < 1.29 is 14.7 Å². The van der Waals surface area contributed by atoms with Crippen molar-refractivity contribution in [3.05, 3.63) is 63.1 Å². The van der Waals surface area contributed by atoms with Crippen LogP contribution in [-0.4, -0.2) is 17.0 Å². The third kappa shape index (κ3) is 3.54. The number of carboxylic acids is 1. The third-order valence-electron chi connectivity index (χ3n) is 2.89. The summed E-state index contributed by atoms with van der Waals surface area (Å²) in [5.74, 6) is -1.57. The molecule has 0 unspecified atom stereocenters. The summed E-state index contributed by atoms with van der Waals surface area (Å²) in [6.07, 6.45) is 0. The van der Waals surface area contributed by atoms with Crippen molar-refractivity contribution in [1.29, 1.82) is 0 Å². The van der Waals surface area contributed by atoms with Crippen LogP contribution in [0.2, 0.25) is 10.0 Å². The van der Waals surface area contributed by atoms with Crippen molar-refractivity contribution in [1.82, 2.24) is 0 Å². The van der Waals surface area contributed by atoms with Crippen LogP contribution in [0.25, 0.3) is 0 Å². The number of hydrogen-bond donors (Lipinski definition) is 2. The molecule has 1 amide bonds. The smallest absolute Gasteiger partial charge is 0.337 e. The number of anilines is 1. The highest BCUT2D eigenvalue weighted by atomic mass is 35.5. The molecule has 2 N–H and O–H groups in total. The Labute approximate surface area is 131 Å². The molecule has 0 fully saturated rings. The zero-order valence-corrected chi connectivity index (χ0v) is 12.5. The van der Waals surface area contributed by atoms with E-state index in [0.29, 0.717) is 21.2 Å². The number of halogens is 2. The zero-order chi connectivity index (χ0) is 15.6. The number of aromatic carboxylic acids is 1. The van der Waals surface area contributed by atoms with Gasteiger partial charge in [0.2, 0.25) is 0 Å². The lowest BCUT2D eigenvalue weighted by molar-refractivity contribution is 0.0698. The minimum Gasteiger partial charge on any atom is -0.478 e. The Hall–Kier alpha value is -2.04. The van der Waals surface area contributed by atoms with Gasteiger partial charge in [-0.15, -0.1) is 0 Å². The van der Waals surface area contributed by atoms with Crippen LogP contribution in [0.1, 0.15) is 26.3 Å². The fourth-order valence-corrected chi connectivity index (χ4v) is 2.28. The minimum absolute atomic E-state index is 0.0284. The summed E-state index contributed by atoms with van der Waals surface area (Å²) in [5.41, 5.74) is 1.23. The van der Waals surface area contributed by atoms with Crippen LogP contribution in [0.15, 0.2) is 36.4 Å².